The standard InChI is InChI=1S/C16H18ClNO/c1-11(13-3-7-15(17)8-4-13)18-12(2)14-5-9-16(19)10-6-14/h3-12,18-19H,1-2H3/t11-,12?/m0/s1. The first-order valence-electron chi connectivity index (χ1n) is 6.36. The second kappa shape index (κ2) is 6.09. The van der Waals surface area contributed by atoms with E-state index in [-0.39, 0.29) is 12.1 Å². The van der Waals surface area contributed by atoms with Crippen LogP contribution >= 0.6 is 11.6 Å². The average molecular weight is 276 g/mol. The van der Waals surface area contributed by atoms with Crippen LogP contribution in [0.2, 0.25) is 5.02 Å². The Bertz CT molecular complexity index is 472. The summed E-state index contributed by atoms with van der Waals surface area (Å²) in [6.07, 6.45) is 0. The molecule has 0 saturated carbocycles. The van der Waals surface area contributed by atoms with Crippen LogP contribution in [-0.2, 0) is 0 Å². The first kappa shape index (κ1) is 13.9. The van der Waals surface area contributed by atoms with Gasteiger partial charge in [-0.2, -0.15) is 0 Å². The van der Waals surface area contributed by atoms with Crippen LogP contribution in [0.3, 0.4) is 0 Å². The van der Waals surface area contributed by atoms with Crippen LogP contribution in [-0.4, -0.2) is 5.11 Å². The molecule has 0 amide bonds. The van der Waals surface area contributed by atoms with Gasteiger partial charge in [-0.05, 0) is 49.2 Å². The number of aromatic hydroxyl groups is 1. The van der Waals surface area contributed by atoms with E-state index in [1.165, 1.54) is 5.56 Å². The van der Waals surface area contributed by atoms with E-state index in [1.807, 2.05) is 36.4 Å². The number of rotatable bonds is 4. The maximum absolute atomic E-state index is 9.29. The van der Waals surface area contributed by atoms with Crippen molar-refractivity contribution < 1.29 is 5.11 Å². The highest BCUT2D eigenvalue weighted by Gasteiger charge is 2.11. The third kappa shape index (κ3) is 3.72. The molecule has 2 rings (SSSR count). The average Bonchev–Trinajstić information content (AvgIpc) is 2.40. The molecule has 19 heavy (non-hydrogen) atoms. The third-order valence-corrected chi connectivity index (χ3v) is 3.52. The van der Waals surface area contributed by atoms with Crippen molar-refractivity contribution in [2.45, 2.75) is 25.9 Å². The van der Waals surface area contributed by atoms with Gasteiger partial charge in [0.1, 0.15) is 5.75 Å². The zero-order valence-corrected chi connectivity index (χ0v) is 11.9. The van der Waals surface area contributed by atoms with Gasteiger partial charge in [-0.1, -0.05) is 35.9 Å². The minimum absolute atomic E-state index is 0.214. The third-order valence-electron chi connectivity index (χ3n) is 3.26. The summed E-state index contributed by atoms with van der Waals surface area (Å²) in [5.74, 6) is 0.293. The lowest BCUT2D eigenvalue weighted by atomic mass is 10.0. The second-order valence-corrected chi connectivity index (χ2v) is 5.19. The molecular weight excluding hydrogens is 258 g/mol. The molecule has 2 nitrogen and oxygen atoms in total. The van der Waals surface area contributed by atoms with E-state index >= 15 is 0 Å². The zero-order chi connectivity index (χ0) is 13.8. The lowest BCUT2D eigenvalue weighted by molar-refractivity contribution is 0.472. The van der Waals surface area contributed by atoms with E-state index in [2.05, 4.69) is 19.2 Å². The minimum atomic E-state index is 0.214. The Hall–Kier alpha value is -1.51. The highest BCUT2D eigenvalue weighted by Crippen LogP contribution is 2.22. The first-order chi connectivity index (χ1) is 9.06. The van der Waals surface area contributed by atoms with Crippen LogP contribution in [0.25, 0.3) is 0 Å². The van der Waals surface area contributed by atoms with Gasteiger partial charge in [0.15, 0.2) is 0 Å². The van der Waals surface area contributed by atoms with E-state index in [0.717, 1.165) is 10.6 Å². The van der Waals surface area contributed by atoms with E-state index < -0.39 is 0 Å². The van der Waals surface area contributed by atoms with Crippen molar-refractivity contribution in [1.82, 2.24) is 5.32 Å². The largest absolute Gasteiger partial charge is 0.508 e. The van der Waals surface area contributed by atoms with E-state index in [1.54, 1.807) is 12.1 Å². The highest BCUT2D eigenvalue weighted by molar-refractivity contribution is 6.30. The van der Waals surface area contributed by atoms with Crippen molar-refractivity contribution >= 4 is 11.6 Å². The van der Waals surface area contributed by atoms with Gasteiger partial charge in [0, 0.05) is 17.1 Å². The summed E-state index contributed by atoms with van der Waals surface area (Å²) in [5.41, 5.74) is 2.36. The zero-order valence-electron chi connectivity index (χ0n) is 11.1. The molecule has 0 saturated heterocycles. The Morgan fingerprint density at radius 2 is 1.26 bits per heavy atom. The molecular formula is C16H18ClNO. The molecule has 2 N–H and O–H groups in total. The van der Waals surface area contributed by atoms with Crippen molar-refractivity contribution in [2.24, 2.45) is 0 Å². The van der Waals surface area contributed by atoms with Gasteiger partial charge in [0.2, 0.25) is 0 Å². The van der Waals surface area contributed by atoms with Crippen molar-refractivity contribution in [1.29, 1.82) is 0 Å². The molecule has 3 heteroatoms. The number of phenols is 1. The molecule has 0 spiro atoms. The number of benzene rings is 2. The van der Waals surface area contributed by atoms with Crippen molar-refractivity contribution in [3.63, 3.8) is 0 Å². The normalized spacial score (nSPS) is 14.1. The van der Waals surface area contributed by atoms with Gasteiger partial charge in [0.05, 0.1) is 0 Å². The summed E-state index contributed by atoms with van der Waals surface area (Å²) in [4.78, 5) is 0. The van der Waals surface area contributed by atoms with Gasteiger partial charge in [-0.25, -0.2) is 0 Å². The number of halogens is 1. The Balaban J connectivity index is 2.03. The van der Waals surface area contributed by atoms with Crippen LogP contribution in [0, 0.1) is 0 Å². The molecule has 0 bridgehead atoms. The summed E-state index contributed by atoms with van der Waals surface area (Å²) in [6, 6.07) is 15.6. The maximum atomic E-state index is 9.29. The Morgan fingerprint density at radius 1 is 0.842 bits per heavy atom. The SMILES string of the molecule is CC(N[C@@H](C)c1ccc(Cl)cc1)c1ccc(O)cc1. The monoisotopic (exact) mass is 275 g/mol. The molecule has 0 aliphatic carbocycles. The predicted molar refractivity (Wildman–Crippen MR) is 79.5 cm³/mol. The maximum Gasteiger partial charge on any atom is 0.115 e. The van der Waals surface area contributed by atoms with Crippen LogP contribution < -0.4 is 5.32 Å². The minimum Gasteiger partial charge on any atom is -0.508 e. The van der Waals surface area contributed by atoms with Crippen molar-refractivity contribution in [2.75, 3.05) is 0 Å². The van der Waals surface area contributed by atoms with Gasteiger partial charge in [0.25, 0.3) is 0 Å². The molecule has 0 heterocycles. The summed E-state index contributed by atoms with van der Waals surface area (Å²) in [5, 5.41) is 13.6. The Morgan fingerprint density at radius 3 is 1.74 bits per heavy atom. The van der Waals surface area contributed by atoms with Crippen LogP contribution in [0.4, 0.5) is 0 Å². The fraction of sp³-hybridized carbons (Fsp3) is 0.250. The molecule has 0 aliphatic heterocycles. The fourth-order valence-corrected chi connectivity index (χ4v) is 2.21. The summed E-state index contributed by atoms with van der Waals surface area (Å²) >= 11 is 5.89. The topological polar surface area (TPSA) is 32.3 Å². The molecule has 2 aromatic carbocycles. The van der Waals surface area contributed by atoms with Crippen LogP contribution in [0.1, 0.15) is 37.1 Å². The van der Waals surface area contributed by atoms with Gasteiger partial charge in [-0.3, -0.25) is 0 Å². The Labute approximate surface area is 119 Å². The van der Waals surface area contributed by atoms with Crippen molar-refractivity contribution in [3.05, 3.63) is 64.7 Å². The van der Waals surface area contributed by atoms with Gasteiger partial charge < -0.3 is 10.4 Å². The number of phenolic OH excluding ortho intramolecular Hbond substituents is 1. The molecule has 2 aromatic rings. The number of hydrogen-bond donors (Lipinski definition) is 2. The van der Waals surface area contributed by atoms with Gasteiger partial charge in [-0.15, -0.1) is 0 Å². The smallest absolute Gasteiger partial charge is 0.115 e. The molecule has 1 unspecified atom stereocenters. The van der Waals surface area contributed by atoms with Crippen LogP contribution in [0.5, 0.6) is 5.75 Å². The first-order valence-corrected chi connectivity index (χ1v) is 6.74. The molecule has 0 radical (unpaired) electrons. The number of hydrogen-bond acceptors (Lipinski definition) is 2. The lowest BCUT2D eigenvalue weighted by Gasteiger charge is -2.21. The molecule has 100 valence electrons. The predicted octanol–water partition coefficient (Wildman–Crippen LogP) is 4.46. The molecule has 0 aromatic heterocycles. The van der Waals surface area contributed by atoms with E-state index in [4.69, 9.17) is 11.6 Å². The van der Waals surface area contributed by atoms with Gasteiger partial charge >= 0.3 is 0 Å². The Kier molecular flexibility index (Phi) is 4.46. The highest BCUT2D eigenvalue weighted by atomic mass is 35.5. The van der Waals surface area contributed by atoms with Crippen LogP contribution in [0.15, 0.2) is 48.5 Å². The quantitative estimate of drug-likeness (QED) is 0.864. The summed E-state index contributed by atoms with van der Waals surface area (Å²) < 4.78 is 0. The fourth-order valence-electron chi connectivity index (χ4n) is 2.08. The summed E-state index contributed by atoms with van der Waals surface area (Å²) in [6.45, 7) is 4.24. The second-order valence-electron chi connectivity index (χ2n) is 4.75. The van der Waals surface area contributed by atoms with E-state index in [9.17, 15) is 5.11 Å². The lowest BCUT2D eigenvalue weighted by Crippen LogP contribution is -2.22. The van der Waals surface area contributed by atoms with E-state index in [0.29, 0.717) is 5.75 Å². The number of nitrogens with one attached hydrogen (secondary N) is 1. The molecule has 0 aliphatic rings. The summed E-state index contributed by atoms with van der Waals surface area (Å²) in [7, 11) is 0. The molecule has 2 atom stereocenters. The molecule has 0 fully saturated rings. The van der Waals surface area contributed by atoms with Crippen molar-refractivity contribution in [3.8, 4) is 5.75 Å².